The minimum atomic E-state index is -0.556. The van der Waals surface area contributed by atoms with Gasteiger partial charge in [0.05, 0.1) is 5.56 Å². The number of rotatable bonds is 4. The fourth-order valence-electron chi connectivity index (χ4n) is 1.67. The van der Waals surface area contributed by atoms with Crippen molar-refractivity contribution in [1.82, 2.24) is 0 Å². The predicted molar refractivity (Wildman–Crippen MR) is 72.6 cm³/mol. The number of benzene rings is 2. The molecule has 2 aromatic rings. The van der Waals surface area contributed by atoms with Gasteiger partial charge in [-0.2, -0.15) is 0 Å². The number of halogens is 1. The summed E-state index contributed by atoms with van der Waals surface area (Å²) in [6.07, 6.45) is 0.578. The van der Waals surface area contributed by atoms with Crippen molar-refractivity contribution >= 4 is 12.0 Å². The fraction of sp³-hybridized carbons (Fsp3) is 0.133. The first kappa shape index (κ1) is 13.1. The number of carbonyl (C=O) groups is 1. The van der Waals surface area contributed by atoms with Gasteiger partial charge >= 0.3 is 0 Å². The van der Waals surface area contributed by atoms with Crippen LogP contribution >= 0.6 is 0 Å². The average molecular weight is 259 g/mol. The monoisotopic (exact) mass is 259 g/mol. The number of carbonyl (C=O) groups excluding carboxylic acids is 1. The zero-order valence-corrected chi connectivity index (χ0v) is 10.8. The van der Waals surface area contributed by atoms with E-state index in [9.17, 15) is 9.18 Å². The average Bonchev–Trinajstić information content (AvgIpc) is 2.41. The third-order valence-electron chi connectivity index (χ3n) is 2.68. The van der Waals surface area contributed by atoms with Gasteiger partial charge in [0.25, 0.3) is 0 Å². The Hall–Kier alpha value is -2.36. The minimum Gasteiger partial charge on any atom is -0.453 e. The van der Waals surface area contributed by atoms with E-state index in [1.165, 1.54) is 18.2 Å². The second-order valence-electron chi connectivity index (χ2n) is 4.27. The molecular weight excluding hydrogens is 245 g/mol. The Morgan fingerprint density at radius 1 is 1.16 bits per heavy atom. The van der Waals surface area contributed by atoms with Crippen molar-refractivity contribution in [2.75, 3.05) is 19.0 Å². The smallest absolute Gasteiger partial charge is 0.173 e. The Labute approximate surface area is 111 Å². The topological polar surface area (TPSA) is 29.5 Å². The zero-order chi connectivity index (χ0) is 13.8. The maximum absolute atomic E-state index is 13.7. The fourth-order valence-corrected chi connectivity index (χ4v) is 1.67. The lowest BCUT2D eigenvalue weighted by molar-refractivity contribution is 0.112. The highest BCUT2D eigenvalue weighted by atomic mass is 19.1. The normalized spacial score (nSPS) is 10.1. The van der Waals surface area contributed by atoms with Crippen molar-refractivity contribution in [3.05, 3.63) is 53.8 Å². The number of hydrogen-bond donors (Lipinski definition) is 0. The van der Waals surface area contributed by atoms with Gasteiger partial charge in [0.15, 0.2) is 17.9 Å². The molecule has 0 radical (unpaired) electrons. The van der Waals surface area contributed by atoms with Crippen molar-refractivity contribution in [3.63, 3.8) is 0 Å². The van der Waals surface area contributed by atoms with Crippen LogP contribution in [0.3, 0.4) is 0 Å². The van der Waals surface area contributed by atoms with Crippen molar-refractivity contribution in [3.8, 4) is 11.5 Å². The maximum Gasteiger partial charge on any atom is 0.173 e. The van der Waals surface area contributed by atoms with Crippen molar-refractivity contribution in [1.29, 1.82) is 0 Å². The number of aldehydes is 1. The first-order chi connectivity index (χ1) is 9.11. The van der Waals surface area contributed by atoms with Crippen LogP contribution in [0.1, 0.15) is 10.4 Å². The number of hydrogen-bond acceptors (Lipinski definition) is 3. The molecule has 0 aliphatic heterocycles. The second kappa shape index (κ2) is 5.52. The summed E-state index contributed by atoms with van der Waals surface area (Å²) in [5.74, 6) is -0.118. The van der Waals surface area contributed by atoms with Crippen molar-refractivity contribution < 1.29 is 13.9 Å². The molecule has 3 nitrogen and oxygen atoms in total. The van der Waals surface area contributed by atoms with E-state index in [4.69, 9.17) is 4.74 Å². The molecule has 0 heterocycles. The first-order valence-corrected chi connectivity index (χ1v) is 5.81. The number of nitrogens with zero attached hydrogens (tertiary/aromatic N) is 1. The number of anilines is 1. The lowest BCUT2D eigenvalue weighted by atomic mass is 10.2. The van der Waals surface area contributed by atoms with Gasteiger partial charge in [-0.3, -0.25) is 4.79 Å². The van der Waals surface area contributed by atoms with Crippen LogP contribution in [0.5, 0.6) is 11.5 Å². The van der Waals surface area contributed by atoms with Crippen LogP contribution in [0.15, 0.2) is 42.5 Å². The molecule has 98 valence electrons. The number of ether oxygens (including phenoxy) is 1. The Balaban J connectivity index is 2.36. The van der Waals surface area contributed by atoms with Crippen molar-refractivity contribution in [2.24, 2.45) is 0 Å². The molecule has 0 N–H and O–H groups in total. The molecule has 2 aromatic carbocycles. The van der Waals surface area contributed by atoms with Crippen LogP contribution < -0.4 is 9.64 Å². The molecule has 0 saturated carbocycles. The van der Waals surface area contributed by atoms with Gasteiger partial charge in [0, 0.05) is 25.8 Å². The van der Waals surface area contributed by atoms with Gasteiger partial charge in [0.2, 0.25) is 0 Å². The van der Waals surface area contributed by atoms with E-state index in [0.29, 0.717) is 12.0 Å². The molecule has 4 heteroatoms. The molecule has 0 atom stereocenters. The van der Waals surface area contributed by atoms with Crippen LogP contribution in [0.2, 0.25) is 0 Å². The highest BCUT2D eigenvalue weighted by Crippen LogP contribution is 2.29. The molecule has 0 fully saturated rings. The van der Waals surface area contributed by atoms with Gasteiger partial charge in [-0.25, -0.2) is 4.39 Å². The SMILES string of the molecule is CN(C)c1cccc(Oc2c(F)cccc2C=O)c1. The van der Waals surface area contributed by atoms with E-state index in [1.54, 1.807) is 12.1 Å². The molecule has 19 heavy (non-hydrogen) atoms. The Morgan fingerprint density at radius 2 is 1.89 bits per heavy atom. The summed E-state index contributed by atoms with van der Waals surface area (Å²) in [6.45, 7) is 0. The quantitative estimate of drug-likeness (QED) is 0.787. The Morgan fingerprint density at radius 3 is 2.58 bits per heavy atom. The largest absolute Gasteiger partial charge is 0.453 e. The first-order valence-electron chi connectivity index (χ1n) is 5.81. The molecule has 0 aromatic heterocycles. The molecule has 0 bridgehead atoms. The third-order valence-corrected chi connectivity index (χ3v) is 2.68. The predicted octanol–water partition coefficient (Wildman–Crippen LogP) is 3.50. The Kier molecular flexibility index (Phi) is 3.80. The van der Waals surface area contributed by atoms with Crippen LogP contribution in [-0.2, 0) is 0 Å². The van der Waals surface area contributed by atoms with Gasteiger partial charge in [-0.15, -0.1) is 0 Å². The molecule has 0 aliphatic rings. The van der Waals surface area contributed by atoms with E-state index in [1.807, 2.05) is 31.1 Å². The van der Waals surface area contributed by atoms with E-state index < -0.39 is 5.82 Å². The molecule has 0 saturated heterocycles. The van der Waals surface area contributed by atoms with E-state index >= 15 is 0 Å². The van der Waals surface area contributed by atoms with Gasteiger partial charge in [0.1, 0.15) is 5.75 Å². The lowest BCUT2D eigenvalue weighted by Gasteiger charge is -2.14. The van der Waals surface area contributed by atoms with Crippen LogP contribution in [0, 0.1) is 5.82 Å². The summed E-state index contributed by atoms with van der Waals surface area (Å²) in [6, 6.07) is 11.5. The Bertz CT molecular complexity index is 596. The summed E-state index contributed by atoms with van der Waals surface area (Å²) in [5, 5.41) is 0. The molecule has 0 amide bonds. The summed E-state index contributed by atoms with van der Waals surface area (Å²) < 4.78 is 19.2. The second-order valence-corrected chi connectivity index (χ2v) is 4.27. The summed E-state index contributed by atoms with van der Waals surface area (Å²) in [5.41, 5.74) is 1.12. The lowest BCUT2D eigenvalue weighted by Crippen LogP contribution is -2.08. The van der Waals surface area contributed by atoms with E-state index in [-0.39, 0.29) is 11.3 Å². The molecule has 0 aliphatic carbocycles. The zero-order valence-electron chi connectivity index (χ0n) is 10.8. The molecule has 2 rings (SSSR count). The summed E-state index contributed by atoms with van der Waals surface area (Å²) in [4.78, 5) is 12.8. The van der Waals surface area contributed by atoms with Gasteiger partial charge < -0.3 is 9.64 Å². The summed E-state index contributed by atoms with van der Waals surface area (Å²) in [7, 11) is 3.80. The van der Waals surface area contributed by atoms with Crippen molar-refractivity contribution in [2.45, 2.75) is 0 Å². The van der Waals surface area contributed by atoms with Gasteiger partial charge in [-0.1, -0.05) is 12.1 Å². The summed E-state index contributed by atoms with van der Waals surface area (Å²) >= 11 is 0. The molecule has 0 spiro atoms. The highest BCUT2D eigenvalue weighted by molar-refractivity contribution is 5.79. The van der Waals surface area contributed by atoms with Crippen LogP contribution in [0.4, 0.5) is 10.1 Å². The number of para-hydroxylation sites is 1. The van der Waals surface area contributed by atoms with Crippen LogP contribution in [-0.4, -0.2) is 20.4 Å². The van der Waals surface area contributed by atoms with Gasteiger partial charge in [-0.05, 0) is 24.3 Å². The van der Waals surface area contributed by atoms with Crippen LogP contribution in [0.25, 0.3) is 0 Å². The third kappa shape index (κ3) is 2.91. The van der Waals surface area contributed by atoms with E-state index in [2.05, 4.69) is 0 Å². The molecule has 0 unspecified atom stereocenters. The minimum absolute atomic E-state index is 0.0478. The van der Waals surface area contributed by atoms with E-state index in [0.717, 1.165) is 5.69 Å². The standard InChI is InChI=1S/C15H14FNO2/c1-17(2)12-6-4-7-13(9-12)19-15-11(10-18)5-3-8-14(15)16/h3-10H,1-2H3. The molecular formula is C15H14FNO2. The maximum atomic E-state index is 13.7. The highest BCUT2D eigenvalue weighted by Gasteiger charge is 2.10.